The number of anilines is 1. The molecule has 0 aliphatic heterocycles. The molecule has 1 amide bonds. The van der Waals surface area contributed by atoms with Crippen molar-refractivity contribution in [3.05, 3.63) is 87.5 Å². The van der Waals surface area contributed by atoms with Crippen molar-refractivity contribution < 1.29 is 23.5 Å². The number of benzene rings is 2. The maximum Gasteiger partial charge on any atom is 0.328 e. The van der Waals surface area contributed by atoms with Crippen LogP contribution in [0.2, 0.25) is 0 Å². The molecule has 6 nitrogen and oxygen atoms in total. The van der Waals surface area contributed by atoms with Gasteiger partial charge in [-0.2, -0.15) is 0 Å². The van der Waals surface area contributed by atoms with E-state index in [9.17, 15) is 18.8 Å². The fraction of sp³-hybridized carbons (Fsp3) is 0.0870. The molecule has 7 heteroatoms. The first kappa shape index (κ1) is 19.3. The summed E-state index contributed by atoms with van der Waals surface area (Å²) in [6.07, 6.45) is 4.68. The van der Waals surface area contributed by atoms with Crippen LogP contribution in [0.25, 0.3) is 22.6 Å². The van der Waals surface area contributed by atoms with Crippen molar-refractivity contribution in [2.45, 2.75) is 12.8 Å². The molecular weight excluding hydrogens is 389 g/mol. The summed E-state index contributed by atoms with van der Waals surface area (Å²) in [7, 11) is 0. The van der Waals surface area contributed by atoms with Crippen LogP contribution in [0.1, 0.15) is 23.3 Å². The third-order valence-corrected chi connectivity index (χ3v) is 4.78. The summed E-state index contributed by atoms with van der Waals surface area (Å²) < 4.78 is 19.1. The fourth-order valence-electron chi connectivity index (χ4n) is 3.40. The first-order valence-corrected chi connectivity index (χ1v) is 9.19. The van der Waals surface area contributed by atoms with Crippen molar-refractivity contribution in [3.8, 4) is 0 Å². The highest BCUT2D eigenvalue weighted by atomic mass is 19.1. The zero-order chi connectivity index (χ0) is 21.3. The first-order valence-electron chi connectivity index (χ1n) is 9.19. The molecule has 2 N–H and O–H groups in total. The Labute approximate surface area is 170 Å². The lowest BCUT2D eigenvalue weighted by Gasteiger charge is -2.07. The standard InChI is InChI=1S/C23H16FNO5/c24-15-4-1-13(2-5-15)11-14-3-7-18-22(29)17-8-6-16(12-19(17)30-23(14)18)25-20(26)9-10-21(27)28/h1-2,4-6,8-12H,3,7H2,(H,25,26)(H,27,28). The van der Waals surface area contributed by atoms with Crippen molar-refractivity contribution in [3.63, 3.8) is 0 Å². The molecule has 150 valence electrons. The number of halogens is 1. The average molecular weight is 405 g/mol. The lowest BCUT2D eigenvalue weighted by Crippen LogP contribution is -2.11. The van der Waals surface area contributed by atoms with Crippen LogP contribution in [-0.4, -0.2) is 17.0 Å². The Kier molecular flexibility index (Phi) is 5.02. The predicted octanol–water partition coefficient (Wildman–Crippen LogP) is 4.00. The number of carbonyl (C=O) groups is 2. The van der Waals surface area contributed by atoms with Crippen LogP contribution < -0.4 is 10.7 Å². The molecule has 1 aromatic heterocycles. The van der Waals surface area contributed by atoms with E-state index in [0.29, 0.717) is 40.8 Å². The summed E-state index contributed by atoms with van der Waals surface area (Å²) in [5.41, 5.74) is 2.79. The summed E-state index contributed by atoms with van der Waals surface area (Å²) in [6.45, 7) is 0. The molecule has 0 saturated heterocycles. The minimum atomic E-state index is -1.23. The van der Waals surface area contributed by atoms with Gasteiger partial charge in [0.15, 0.2) is 5.43 Å². The van der Waals surface area contributed by atoms with Gasteiger partial charge in [0.2, 0.25) is 5.91 Å². The third-order valence-electron chi connectivity index (χ3n) is 4.78. The summed E-state index contributed by atoms with van der Waals surface area (Å²) in [6, 6.07) is 10.7. The molecule has 0 atom stereocenters. The molecule has 1 aliphatic rings. The minimum Gasteiger partial charge on any atom is -0.478 e. The van der Waals surface area contributed by atoms with E-state index in [4.69, 9.17) is 9.52 Å². The Morgan fingerprint density at radius 2 is 1.83 bits per heavy atom. The van der Waals surface area contributed by atoms with E-state index >= 15 is 0 Å². The quantitative estimate of drug-likeness (QED) is 0.640. The van der Waals surface area contributed by atoms with Crippen LogP contribution in [0.5, 0.6) is 0 Å². The normalized spacial score (nSPS) is 14.4. The Hall–Kier alpha value is -4.00. The summed E-state index contributed by atoms with van der Waals surface area (Å²) in [4.78, 5) is 35.2. The van der Waals surface area contributed by atoms with Gasteiger partial charge in [0.05, 0.1) is 5.39 Å². The van der Waals surface area contributed by atoms with Crippen LogP contribution in [0, 0.1) is 5.82 Å². The fourth-order valence-corrected chi connectivity index (χ4v) is 3.40. The van der Waals surface area contributed by atoms with Crippen LogP contribution in [0.4, 0.5) is 10.1 Å². The van der Waals surface area contributed by atoms with E-state index in [1.165, 1.54) is 18.2 Å². The largest absolute Gasteiger partial charge is 0.478 e. The molecule has 2 aromatic carbocycles. The number of carbonyl (C=O) groups excluding carboxylic acids is 1. The zero-order valence-electron chi connectivity index (χ0n) is 15.6. The molecule has 1 aliphatic carbocycles. The van der Waals surface area contributed by atoms with Crippen molar-refractivity contribution in [1.29, 1.82) is 0 Å². The zero-order valence-corrected chi connectivity index (χ0v) is 15.6. The maximum absolute atomic E-state index is 13.1. The van der Waals surface area contributed by atoms with Crippen LogP contribution in [0.3, 0.4) is 0 Å². The van der Waals surface area contributed by atoms with Crippen LogP contribution in [0.15, 0.2) is 63.8 Å². The Morgan fingerprint density at radius 1 is 1.07 bits per heavy atom. The number of carboxylic acid groups (broad SMARTS) is 1. The molecule has 0 spiro atoms. The molecule has 0 fully saturated rings. The van der Waals surface area contributed by atoms with Gasteiger partial charge in [-0.05, 0) is 54.3 Å². The molecule has 0 radical (unpaired) electrons. The van der Waals surface area contributed by atoms with Gasteiger partial charge in [-0.3, -0.25) is 9.59 Å². The number of amides is 1. The number of hydrogen-bond donors (Lipinski definition) is 2. The SMILES string of the molecule is O=C(O)C=CC(=O)Nc1ccc2c(=O)c3c(oc2c1)C(=Cc1ccc(F)cc1)CC3. The van der Waals surface area contributed by atoms with Crippen molar-refractivity contribution in [2.24, 2.45) is 0 Å². The number of carboxylic acids is 1. The monoisotopic (exact) mass is 405 g/mol. The lowest BCUT2D eigenvalue weighted by atomic mass is 10.1. The topological polar surface area (TPSA) is 96.6 Å². The van der Waals surface area contributed by atoms with Crippen LogP contribution in [-0.2, 0) is 16.0 Å². The number of rotatable bonds is 4. The number of allylic oxidation sites excluding steroid dienone is 1. The maximum atomic E-state index is 13.1. The van der Waals surface area contributed by atoms with Crippen molar-refractivity contribution in [2.75, 3.05) is 5.32 Å². The smallest absolute Gasteiger partial charge is 0.328 e. The van der Waals surface area contributed by atoms with E-state index in [1.54, 1.807) is 24.3 Å². The van der Waals surface area contributed by atoms with E-state index in [0.717, 1.165) is 23.3 Å². The molecule has 30 heavy (non-hydrogen) atoms. The number of hydrogen-bond acceptors (Lipinski definition) is 4. The molecule has 0 saturated carbocycles. The second-order valence-electron chi connectivity index (χ2n) is 6.83. The Bertz CT molecular complexity index is 1290. The van der Waals surface area contributed by atoms with E-state index in [-0.39, 0.29) is 11.2 Å². The molecule has 1 heterocycles. The highest BCUT2D eigenvalue weighted by molar-refractivity contribution is 6.03. The summed E-state index contributed by atoms with van der Waals surface area (Å²) >= 11 is 0. The van der Waals surface area contributed by atoms with E-state index in [2.05, 4.69) is 5.32 Å². The van der Waals surface area contributed by atoms with E-state index < -0.39 is 11.9 Å². The minimum absolute atomic E-state index is 0.127. The van der Waals surface area contributed by atoms with Crippen LogP contribution >= 0.6 is 0 Å². The van der Waals surface area contributed by atoms with Gasteiger partial charge in [-0.25, -0.2) is 9.18 Å². The molecular formula is C23H16FNO5. The van der Waals surface area contributed by atoms with Crippen molar-refractivity contribution in [1.82, 2.24) is 0 Å². The summed E-state index contributed by atoms with van der Waals surface area (Å²) in [5.74, 6) is -1.68. The second-order valence-corrected chi connectivity index (χ2v) is 6.83. The van der Waals surface area contributed by atoms with Gasteiger partial charge in [-0.1, -0.05) is 12.1 Å². The number of aliphatic carboxylic acids is 1. The van der Waals surface area contributed by atoms with Gasteiger partial charge in [0, 0.05) is 29.5 Å². The number of fused-ring (bicyclic) bond motifs is 2. The Morgan fingerprint density at radius 3 is 2.57 bits per heavy atom. The molecule has 3 aromatic rings. The average Bonchev–Trinajstić information content (AvgIpc) is 3.11. The second kappa shape index (κ2) is 7.79. The lowest BCUT2D eigenvalue weighted by molar-refractivity contribution is -0.131. The number of nitrogens with one attached hydrogen (secondary N) is 1. The van der Waals surface area contributed by atoms with Gasteiger partial charge in [-0.15, -0.1) is 0 Å². The Balaban J connectivity index is 1.71. The molecule has 0 bridgehead atoms. The molecule has 0 unspecified atom stereocenters. The third kappa shape index (κ3) is 3.91. The van der Waals surface area contributed by atoms with E-state index in [1.807, 2.05) is 6.08 Å². The van der Waals surface area contributed by atoms with Crippen molar-refractivity contribution >= 4 is 40.2 Å². The van der Waals surface area contributed by atoms with Gasteiger partial charge < -0.3 is 14.8 Å². The summed E-state index contributed by atoms with van der Waals surface area (Å²) in [5, 5.41) is 11.5. The highest BCUT2D eigenvalue weighted by Gasteiger charge is 2.24. The first-order chi connectivity index (χ1) is 14.4. The predicted molar refractivity (Wildman–Crippen MR) is 110 cm³/mol. The van der Waals surface area contributed by atoms with Gasteiger partial charge in [0.25, 0.3) is 0 Å². The highest BCUT2D eigenvalue weighted by Crippen LogP contribution is 2.34. The molecule has 4 rings (SSSR count). The van der Waals surface area contributed by atoms with Gasteiger partial charge >= 0.3 is 5.97 Å². The van der Waals surface area contributed by atoms with Gasteiger partial charge in [0.1, 0.15) is 17.2 Å².